The van der Waals surface area contributed by atoms with E-state index in [9.17, 15) is 0 Å². The molecule has 0 radical (unpaired) electrons. The van der Waals surface area contributed by atoms with Crippen LogP contribution >= 0.6 is 0 Å². The summed E-state index contributed by atoms with van der Waals surface area (Å²) in [4.78, 5) is 0. The minimum Gasteiger partial charge on any atom is -0.396 e. The maximum Gasteiger partial charge on any atom is 0.0806 e. The van der Waals surface area contributed by atoms with Crippen LogP contribution in [0.5, 0.6) is 0 Å². The van der Waals surface area contributed by atoms with Crippen molar-refractivity contribution in [3.8, 4) is 0 Å². The second-order valence-electron chi connectivity index (χ2n) is 5.64. The van der Waals surface area contributed by atoms with E-state index < -0.39 is 0 Å². The van der Waals surface area contributed by atoms with Gasteiger partial charge in [-0.3, -0.25) is 0 Å². The second kappa shape index (κ2) is 11.0. The van der Waals surface area contributed by atoms with E-state index in [1.165, 1.54) is 62.5 Å². The fourth-order valence-electron chi connectivity index (χ4n) is 2.45. The highest BCUT2D eigenvalue weighted by Gasteiger charge is 2.19. The number of rotatable bonds is 12. The Morgan fingerprint density at radius 1 is 0.706 bits per heavy atom. The van der Waals surface area contributed by atoms with E-state index in [1.807, 2.05) is 0 Å². The quantitative estimate of drug-likeness (QED) is 0.411. The van der Waals surface area contributed by atoms with E-state index in [1.54, 1.807) is 0 Å². The zero-order valence-corrected chi connectivity index (χ0v) is 12.4. The number of quaternary nitrogens is 1. The van der Waals surface area contributed by atoms with Gasteiger partial charge in [0.05, 0.1) is 26.7 Å². The Kier molecular flexibility index (Phi) is 11.0. The van der Waals surface area contributed by atoms with Crippen molar-refractivity contribution < 1.29 is 9.59 Å². The molecule has 0 amide bonds. The van der Waals surface area contributed by atoms with Gasteiger partial charge in [0.1, 0.15) is 0 Å². The minimum atomic E-state index is 0.344. The zero-order chi connectivity index (χ0) is 13.0. The van der Waals surface area contributed by atoms with E-state index in [0.717, 1.165) is 13.0 Å². The molecule has 0 aliphatic carbocycles. The highest BCUT2D eigenvalue weighted by atomic mass is 16.3. The van der Waals surface area contributed by atoms with Gasteiger partial charge in [0.15, 0.2) is 0 Å². The number of hydrogen-bond donors (Lipinski definition) is 1. The molecule has 104 valence electrons. The lowest BCUT2D eigenvalue weighted by Gasteiger charge is -2.35. The number of nitrogens with zero attached hydrogens (tertiary/aromatic N) is 1. The van der Waals surface area contributed by atoms with Crippen LogP contribution in [0.1, 0.15) is 65.2 Å². The third kappa shape index (κ3) is 9.61. The van der Waals surface area contributed by atoms with Crippen LogP contribution in [-0.4, -0.2) is 42.9 Å². The van der Waals surface area contributed by atoms with Crippen molar-refractivity contribution in [3.05, 3.63) is 0 Å². The molecule has 0 aromatic heterocycles. The highest BCUT2D eigenvalue weighted by molar-refractivity contribution is 4.46. The molecule has 0 rings (SSSR count). The van der Waals surface area contributed by atoms with E-state index in [-0.39, 0.29) is 0 Å². The lowest BCUT2D eigenvalue weighted by Crippen LogP contribution is -2.46. The van der Waals surface area contributed by atoms with Gasteiger partial charge >= 0.3 is 0 Å². The third-order valence-corrected chi connectivity index (χ3v) is 3.71. The summed E-state index contributed by atoms with van der Waals surface area (Å²) < 4.78 is 1.17. The average Bonchev–Trinajstić information content (AvgIpc) is 2.33. The molecule has 0 saturated carbocycles. The first-order chi connectivity index (χ1) is 8.18. The molecule has 0 heterocycles. The Labute approximate surface area is 109 Å². The van der Waals surface area contributed by atoms with Gasteiger partial charge < -0.3 is 9.59 Å². The maximum atomic E-state index is 9.00. The lowest BCUT2D eigenvalue weighted by molar-refractivity contribution is -0.910. The van der Waals surface area contributed by atoms with Crippen LogP contribution in [0.3, 0.4) is 0 Å². The van der Waals surface area contributed by atoms with Gasteiger partial charge in [0.2, 0.25) is 0 Å². The molecule has 0 aromatic rings. The molecule has 0 spiro atoms. The summed E-state index contributed by atoms with van der Waals surface area (Å²) in [6.07, 6.45) is 10.4. The maximum absolute atomic E-state index is 9.00. The lowest BCUT2D eigenvalue weighted by atomic mass is 10.1. The van der Waals surface area contributed by atoms with E-state index in [4.69, 9.17) is 5.11 Å². The Balaban J connectivity index is 3.90. The first kappa shape index (κ1) is 16.9. The number of hydrogen-bond acceptors (Lipinski definition) is 1. The average molecular weight is 244 g/mol. The fraction of sp³-hybridized carbons (Fsp3) is 1.00. The summed E-state index contributed by atoms with van der Waals surface area (Å²) in [5.41, 5.74) is 0. The molecule has 0 aromatic carbocycles. The van der Waals surface area contributed by atoms with Crippen LogP contribution in [0, 0.1) is 0 Å². The number of aliphatic hydroxyl groups excluding tert-OH is 1. The topological polar surface area (TPSA) is 20.2 Å². The van der Waals surface area contributed by atoms with Gasteiger partial charge in [-0.1, -0.05) is 33.1 Å². The Bertz CT molecular complexity index is 161. The summed E-state index contributed by atoms with van der Waals surface area (Å²) in [6.45, 7) is 8.60. The van der Waals surface area contributed by atoms with Crippen LogP contribution in [0.15, 0.2) is 0 Å². The van der Waals surface area contributed by atoms with Gasteiger partial charge in [0.25, 0.3) is 0 Å². The molecule has 1 atom stereocenters. The van der Waals surface area contributed by atoms with Crippen molar-refractivity contribution in [1.29, 1.82) is 0 Å². The molecule has 1 N–H and O–H groups in total. The number of aliphatic hydroxyl groups is 1. The highest BCUT2D eigenvalue weighted by Crippen LogP contribution is 2.12. The number of unbranched alkanes of at least 4 members (excludes halogenated alkanes) is 5. The minimum absolute atomic E-state index is 0.344. The molecule has 0 fully saturated rings. The van der Waals surface area contributed by atoms with Crippen LogP contribution in [0.4, 0.5) is 0 Å². The largest absolute Gasteiger partial charge is 0.396 e. The van der Waals surface area contributed by atoms with Crippen molar-refractivity contribution in [1.82, 2.24) is 0 Å². The third-order valence-electron chi connectivity index (χ3n) is 3.71. The fourth-order valence-corrected chi connectivity index (χ4v) is 2.45. The Morgan fingerprint density at radius 3 is 1.71 bits per heavy atom. The monoisotopic (exact) mass is 244 g/mol. The zero-order valence-electron chi connectivity index (χ0n) is 12.4. The van der Waals surface area contributed by atoms with Gasteiger partial charge in [0, 0.05) is 13.0 Å². The molecule has 2 nitrogen and oxygen atoms in total. The van der Waals surface area contributed by atoms with E-state index >= 15 is 0 Å². The molecule has 17 heavy (non-hydrogen) atoms. The van der Waals surface area contributed by atoms with Crippen LogP contribution in [0.25, 0.3) is 0 Å². The summed E-state index contributed by atoms with van der Waals surface area (Å²) in [6, 6.07) is 0. The van der Waals surface area contributed by atoms with Crippen molar-refractivity contribution in [2.45, 2.75) is 65.2 Å². The van der Waals surface area contributed by atoms with Crippen LogP contribution in [0.2, 0.25) is 0 Å². The standard InChI is InChI=1S/C15H34NO/c1-4-6-8-10-13-16(3,14-11-15-17)12-9-7-5-2/h17H,4-15H2,1-3H3/q+1. The molecular formula is C15H34NO+. The smallest absolute Gasteiger partial charge is 0.0806 e. The van der Waals surface area contributed by atoms with Gasteiger partial charge in [-0.15, -0.1) is 0 Å². The van der Waals surface area contributed by atoms with Crippen LogP contribution < -0.4 is 0 Å². The van der Waals surface area contributed by atoms with Crippen LogP contribution in [-0.2, 0) is 0 Å². The molecule has 0 bridgehead atoms. The summed E-state index contributed by atoms with van der Waals surface area (Å²) in [7, 11) is 2.37. The molecule has 1 unspecified atom stereocenters. The van der Waals surface area contributed by atoms with Gasteiger partial charge in [-0.05, 0) is 25.7 Å². The summed E-state index contributed by atoms with van der Waals surface area (Å²) in [5.74, 6) is 0. The normalized spacial score (nSPS) is 14.8. The predicted octanol–water partition coefficient (Wildman–Crippen LogP) is 3.59. The predicted molar refractivity (Wildman–Crippen MR) is 76.2 cm³/mol. The van der Waals surface area contributed by atoms with Gasteiger partial charge in [-0.2, -0.15) is 0 Å². The molecule has 0 saturated heterocycles. The van der Waals surface area contributed by atoms with Crippen molar-refractivity contribution in [2.75, 3.05) is 33.3 Å². The molecule has 2 heteroatoms. The Hall–Kier alpha value is -0.0800. The first-order valence-electron chi connectivity index (χ1n) is 7.63. The van der Waals surface area contributed by atoms with E-state index in [2.05, 4.69) is 20.9 Å². The van der Waals surface area contributed by atoms with Crippen molar-refractivity contribution >= 4 is 0 Å². The summed E-state index contributed by atoms with van der Waals surface area (Å²) >= 11 is 0. The first-order valence-corrected chi connectivity index (χ1v) is 7.63. The SMILES string of the molecule is CCCCCC[N+](C)(CCCO)CCCCC. The van der Waals surface area contributed by atoms with E-state index in [0.29, 0.717) is 6.61 Å². The Morgan fingerprint density at radius 2 is 1.18 bits per heavy atom. The second-order valence-corrected chi connectivity index (χ2v) is 5.64. The van der Waals surface area contributed by atoms with Gasteiger partial charge in [-0.25, -0.2) is 0 Å². The van der Waals surface area contributed by atoms with Crippen molar-refractivity contribution in [2.24, 2.45) is 0 Å². The molecular weight excluding hydrogens is 210 g/mol. The molecule has 0 aliphatic rings. The van der Waals surface area contributed by atoms with Crippen molar-refractivity contribution in [3.63, 3.8) is 0 Å². The summed E-state index contributed by atoms with van der Waals surface area (Å²) in [5, 5.41) is 9.00. The molecule has 0 aliphatic heterocycles.